The number of aliphatic carboxylic acids is 1. The zero-order chi connectivity index (χ0) is 22.7. The number of nitrogens with zero attached hydrogens (tertiary/aromatic N) is 2. The van der Waals surface area contributed by atoms with Crippen molar-refractivity contribution in [2.45, 2.75) is 19.9 Å². The maximum absolute atomic E-state index is 11.8. The largest absolute Gasteiger partial charge is 0.490 e. The molecule has 2 unspecified atom stereocenters. The van der Waals surface area contributed by atoms with Gasteiger partial charge in [-0.15, -0.1) is 0 Å². The summed E-state index contributed by atoms with van der Waals surface area (Å²) in [5.74, 6) is -0.566. The summed E-state index contributed by atoms with van der Waals surface area (Å²) in [4.78, 5) is 31.6. The van der Waals surface area contributed by atoms with Crippen molar-refractivity contribution in [1.29, 1.82) is 0 Å². The highest BCUT2D eigenvalue weighted by Gasteiger charge is 2.36. The standard InChI is InChI=1S/C24H23N3O5/c1-14-13-20(18-5-3-4-6-19(18)25-14)32-12-11-31-17-9-7-16(8-10-17)22-21(23(28)29)15(2)26-24(30)27-22/h3-10,13,21-22H,11-12H2,1-2H3,(H,27,30)(H,28,29). The van der Waals surface area contributed by atoms with Gasteiger partial charge in [0.15, 0.2) is 0 Å². The molecule has 2 heterocycles. The number of benzene rings is 2. The highest BCUT2D eigenvalue weighted by molar-refractivity contribution is 6.07. The number of carboxylic acid groups (broad SMARTS) is 1. The lowest BCUT2D eigenvalue weighted by Crippen LogP contribution is -2.43. The predicted molar refractivity (Wildman–Crippen MR) is 119 cm³/mol. The van der Waals surface area contributed by atoms with Crippen LogP contribution in [0.1, 0.15) is 24.2 Å². The number of hydrogen-bond donors (Lipinski definition) is 2. The molecular weight excluding hydrogens is 410 g/mol. The van der Waals surface area contributed by atoms with Gasteiger partial charge in [0, 0.05) is 22.9 Å². The Kier molecular flexibility index (Phi) is 6.02. The van der Waals surface area contributed by atoms with Crippen molar-refractivity contribution < 1.29 is 24.2 Å². The second-order valence-corrected chi connectivity index (χ2v) is 7.54. The minimum Gasteiger partial charge on any atom is -0.490 e. The minimum absolute atomic E-state index is 0.280. The number of para-hydroxylation sites is 1. The Morgan fingerprint density at radius 2 is 1.78 bits per heavy atom. The Morgan fingerprint density at radius 3 is 2.53 bits per heavy atom. The quantitative estimate of drug-likeness (QED) is 0.547. The van der Waals surface area contributed by atoms with Crippen LogP contribution in [0.25, 0.3) is 10.9 Å². The van der Waals surface area contributed by atoms with Crippen molar-refractivity contribution in [3.8, 4) is 11.5 Å². The molecule has 1 aliphatic rings. The van der Waals surface area contributed by atoms with E-state index in [1.165, 1.54) is 0 Å². The van der Waals surface area contributed by atoms with E-state index in [9.17, 15) is 14.7 Å². The second kappa shape index (κ2) is 9.05. The highest BCUT2D eigenvalue weighted by Crippen LogP contribution is 2.29. The second-order valence-electron chi connectivity index (χ2n) is 7.54. The third kappa shape index (κ3) is 4.54. The van der Waals surface area contributed by atoms with E-state index in [1.807, 2.05) is 37.3 Å². The van der Waals surface area contributed by atoms with Gasteiger partial charge < -0.3 is 19.9 Å². The Balaban J connectivity index is 1.37. The fraction of sp³-hybridized carbons (Fsp3) is 0.250. The number of pyridine rings is 1. The number of amides is 2. The number of hydrogen-bond acceptors (Lipinski definition) is 5. The van der Waals surface area contributed by atoms with Gasteiger partial charge in [-0.1, -0.05) is 24.3 Å². The first kappa shape index (κ1) is 21.3. The summed E-state index contributed by atoms with van der Waals surface area (Å²) < 4.78 is 11.7. The van der Waals surface area contributed by atoms with E-state index in [1.54, 1.807) is 31.2 Å². The molecule has 8 heteroatoms. The van der Waals surface area contributed by atoms with Crippen molar-refractivity contribution in [2.24, 2.45) is 10.9 Å². The monoisotopic (exact) mass is 433 g/mol. The van der Waals surface area contributed by atoms with Crippen LogP contribution < -0.4 is 14.8 Å². The molecule has 2 N–H and O–H groups in total. The minimum atomic E-state index is -1.03. The average Bonchev–Trinajstić information content (AvgIpc) is 2.76. The van der Waals surface area contributed by atoms with Gasteiger partial charge in [-0.3, -0.25) is 9.78 Å². The van der Waals surface area contributed by atoms with Gasteiger partial charge in [0.2, 0.25) is 0 Å². The lowest BCUT2D eigenvalue weighted by Gasteiger charge is -2.28. The van der Waals surface area contributed by atoms with Crippen LogP contribution in [-0.2, 0) is 4.79 Å². The Hall–Kier alpha value is -3.94. The van der Waals surface area contributed by atoms with Gasteiger partial charge in [-0.2, -0.15) is 0 Å². The number of ether oxygens (including phenoxy) is 2. The zero-order valence-electron chi connectivity index (χ0n) is 17.7. The molecule has 4 rings (SSSR count). The number of rotatable bonds is 7. The third-order valence-electron chi connectivity index (χ3n) is 5.26. The zero-order valence-corrected chi connectivity index (χ0v) is 17.7. The van der Waals surface area contributed by atoms with E-state index in [0.717, 1.165) is 22.3 Å². The van der Waals surface area contributed by atoms with Crippen molar-refractivity contribution in [3.05, 3.63) is 65.9 Å². The van der Waals surface area contributed by atoms with E-state index in [0.29, 0.717) is 24.5 Å². The molecule has 1 aromatic heterocycles. The Labute approximate surface area is 184 Å². The van der Waals surface area contributed by atoms with Crippen LogP contribution >= 0.6 is 0 Å². The van der Waals surface area contributed by atoms with Crippen LogP contribution in [0.4, 0.5) is 4.79 Å². The van der Waals surface area contributed by atoms with Crippen molar-refractivity contribution >= 4 is 28.6 Å². The first-order chi connectivity index (χ1) is 15.4. The summed E-state index contributed by atoms with van der Waals surface area (Å²) in [6, 6.07) is 15.5. The lowest BCUT2D eigenvalue weighted by molar-refractivity contribution is -0.140. The topological polar surface area (TPSA) is 110 Å². The molecule has 0 aliphatic carbocycles. The van der Waals surface area contributed by atoms with Crippen LogP contribution in [-0.4, -0.2) is 41.0 Å². The number of aryl methyl sites for hydroxylation is 1. The summed E-state index contributed by atoms with van der Waals surface area (Å²) in [6.45, 7) is 4.16. The molecule has 3 aromatic rings. The molecule has 0 radical (unpaired) electrons. The smallest absolute Gasteiger partial charge is 0.341 e. The molecule has 0 fully saturated rings. The van der Waals surface area contributed by atoms with Crippen LogP contribution in [0, 0.1) is 12.8 Å². The number of aliphatic imine (C=N–C) groups is 1. The van der Waals surface area contributed by atoms with Crippen LogP contribution in [0.5, 0.6) is 11.5 Å². The van der Waals surface area contributed by atoms with Crippen molar-refractivity contribution in [2.75, 3.05) is 13.2 Å². The predicted octanol–water partition coefficient (Wildman–Crippen LogP) is 3.93. The summed E-state index contributed by atoms with van der Waals surface area (Å²) in [5, 5.41) is 13.1. The molecule has 1 aliphatic heterocycles. The first-order valence-corrected chi connectivity index (χ1v) is 10.2. The van der Waals surface area contributed by atoms with Gasteiger partial charge in [0.1, 0.15) is 30.6 Å². The summed E-state index contributed by atoms with van der Waals surface area (Å²) >= 11 is 0. The first-order valence-electron chi connectivity index (χ1n) is 10.2. The van der Waals surface area contributed by atoms with Gasteiger partial charge in [-0.25, -0.2) is 9.79 Å². The summed E-state index contributed by atoms with van der Waals surface area (Å²) in [7, 11) is 0. The molecule has 2 atom stereocenters. The van der Waals surface area contributed by atoms with Gasteiger partial charge in [0.25, 0.3) is 0 Å². The maximum Gasteiger partial charge on any atom is 0.341 e. The fourth-order valence-corrected chi connectivity index (χ4v) is 3.79. The molecule has 32 heavy (non-hydrogen) atoms. The molecule has 0 spiro atoms. The Morgan fingerprint density at radius 1 is 1.06 bits per heavy atom. The van der Waals surface area contributed by atoms with Crippen molar-refractivity contribution in [1.82, 2.24) is 10.3 Å². The average molecular weight is 433 g/mol. The van der Waals surface area contributed by atoms with E-state index < -0.39 is 24.0 Å². The molecule has 8 nitrogen and oxygen atoms in total. The molecule has 2 aromatic carbocycles. The molecular formula is C24H23N3O5. The van der Waals surface area contributed by atoms with E-state index in [4.69, 9.17) is 9.47 Å². The number of carbonyl (C=O) groups excluding carboxylic acids is 1. The van der Waals surface area contributed by atoms with Crippen LogP contribution in [0.3, 0.4) is 0 Å². The number of aromatic nitrogens is 1. The molecule has 0 bridgehead atoms. The maximum atomic E-state index is 11.8. The molecule has 164 valence electrons. The van der Waals surface area contributed by atoms with E-state index in [-0.39, 0.29) is 5.71 Å². The number of urea groups is 1. The van der Waals surface area contributed by atoms with Gasteiger partial charge >= 0.3 is 12.0 Å². The van der Waals surface area contributed by atoms with Crippen LogP contribution in [0.2, 0.25) is 0 Å². The number of carbonyl (C=O) groups is 2. The SMILES string of the molecule is CC1=NC(=O)NC(c2ccc(OCCOc3cc(C)nc4ccccc34)cc2)C1C(=O)O. The fourth-order valence-electron chi connectivity index (χ4n) is 3.79. The number of fused-ring (bicyclic) bond motifs is 1. The van der Waals surface area contributed by atoms with Gasteiger partial charge in [-0.05, 0) is 43.7 Å². The number of nitrogens with one attached hydrogen (secondary N) is 1. The summed E-state index contributed by atoms with van der Waals surface area (Å²) in [5.41, 5.74) is 2.71. The molecule has 2 amide bonds. The van der Waals surface area contributed by atoms with Crippen LogP contribution in [0.15, 0.2) is 59.6 Å². The third-order valence-corrected chi connectivity index (χ3v) is 5.26. The highest BCUT2D eigenvalue weighted by atomic mass is 16.5. The number of carboxylic acids is 1. The summed E-state index contributed by atoms with van der Waals surface area (Å²) in [6.07, 6.45) is 0. The molecule has 0 saturated heterocycles. The van der Waals surface area contributed by atoms with Crippen molar-refractivity contribution in [3.63, 3.8) is 0 Å². The molecule has 0 saturated carbocycles. The Bertz CT molecular complexity index is 1190. The van der Waals surface area contributed by atoms with E-state index >= 15 is 0 Å². The lowest BCUT2D eigenvalue weighted by atomic mass is 9.88. The van der Waals surface area contributed by atoms with Gasteiger partial charge in [0.05, 0.1) is 11.6 Å². The van der Waals surface area contributed by atoms with E-state index in [2.05, 4.69) is 15.3 Å². The normalized spacial score (nSPS) is 18.1.